The molecule has 3 aromatic carbocycles. The number of hydrogen-bond acceptors (Lipinski definition) is 4. The molecule has 0 bridgehead atoms. The highest BCUT2D eigenvalue weighted by Gasteiger charge is 2.34. The molecule has 0 saturated heterocycles. The van der Waals surface area contributed by atoms with Crippen molar-refractivity contribution in [3.05, 3.63) is 90.2 Å². The minimum absolute atomic E-state index is 0.0373. The molecular formula is C25H26FNO3. The molecule has 4 nitrogen and oxygen atoms in total. The Kier molecular flexibility index (Phi) is 6.62. The lowest BCUT2D eigenvalue weighted by Crippen LogP contribution is -2.50. The summed E-state index contributed by atoms with van der Waals surface area (Å²) in [6.07, 6.45) is 1.34. The standard InChI is InChI=1S/C25H26FNO3/c26-20-13-7-16-23(25(20)29-19-11-5-2-6-12-19)30-22-15-8-14-21(24(22)28)27-17-18-9-3-1-4-10-18/h1-7,9-13,16,21-22,24,27-28H,8,14-15,17H2/t21-,22-,24-/m1/s1. The lowest BCUT2D eigenvalue weighted by atomic mass is 9.89. The lowest BCUT2D eigenvalue weighted by Gasteiger charge is -2.35. The van der Waals surface area contributed by atoms with Crippen LogP contribution < -0.4 is 14.8 Å². The highest BCUT2D eigenvalue weighted by molar-refractivity contribution is 5.44. The van der Waals surface area contributed by atoms with Gasteiger partial charge in [0, 0.05) is 12.6 Å². The molecule has 3 aromatic rings. The fourth-order valence-corrected chi connectivity index (χ4v) is 3.79. The molecule has 1 saturated carbocycles. The molecule has 1 aliphatic carbocycles. The van der Waals surface area contributed by atoms with Crippen molar-refractivity contribution in [2.24, 2.45) is 0 Å². The first-order valence-electron chi connectivity index (χ1n) is 10.3. The first-order valence-corrected chi connectivity index (χ1v) is 10.3. The highest BCUT2D eigenvalue weighted by Crippen LogP contribution is 2.36. The topological polar surface area (TPSA) is 50.7 Å². The van der Waals surface area contributed by atoms with Crippen LogP contribution in [0.5, 0.6) is 17.2 Å². The summed E-state index contributed by atoms with van der Waals surface area (Å²) in [6.45, 7) is 0.678. The fourth-order valence-electron chi connectivity index (χ4n) is 3.79. The number of halogens is 1. The quantitative estimate of drug-likeness (QED) is 0.574. The fraction of sp³-hybridized carbons (Fsp3) is 0.280. The van der Waals surface area contributed by atoms with Gasteiger partial charge in [-0.3, -0.25) is 0 Å². The molecule has 1 aliphatic rings. The predicted molar refractivity (Wildman–Crippen MR) is 114 cm³/mol. The van der Waals surface area contributed by atoms with E-state index in [1.165, 1.54) is 6.07 Å². The van der Waals surface area contributed by atoms with E-state index in [2.05, 4.69) is 17.4 Å². The minimum Gasteiger partial charge on any atom is -0.484 e. The third kappa shape index (κ3) is 4.99. The van der Waals surface area contributed by atoms with E-state index in [9.17, 15) is 9.50 Å². The van der Waals surface area contributed by atoms with Gasteiger partial charge in [0.05, 0.1) is 0 Å². The van der Waals surface area contributed by atoms with Crippen molar-refractivity contribution in [2.75, 3.05) is 0 Å². The van der Waals surface area contributed by atoms with Gasteiger partial charge in [-0.1, -0.05) is 54.6 Å². The molecule has 1 fully saturated rings. The molecule has 0 aliphatic heterocycles. The van der Waals surface area contributed by atoms with Crippen LogP contribution in [0.4, 0.5) is 4.39 Å². The number of aliphatic hydroxyl groups is 1. The Hall–Kier alpha value is -2.89. The van der Waals surface area contributed by atoms with Gasteiger partial charge in [0.25, 0.3) is 0 Å². The highest BCUT2D eigenvalue weighted by atomic mass is 19.1. The average Bonchev–Trinajstić information content (AvgIpc) is 2.78. The summed E-state index contributed by atoms with van der Waals surface area (Å²) in [5.41, 5.74) is 1.16. The number of aliphatic hydroxyl groups excluding tert-OH is 1. The Labute approximate surface area is 176 Å². The van der Waals surface area contributed by atoms with E-state index in [-0.39, 0.29) is 11.8 Å². The van der Waals surface area contributed by atoms with Crippen molar-refractivity contribution in [3.8, 4) is 17.2 Å². The maximum absolute atomic E-state index is 14.5. The summed E-state index contributed by atoms with van der Waals surface area (Å²) >= 11 is 0. The molecule has 2 N–H and O–H groups in total. The molecular weight excluding hydrogens is 381 g/mol. The Morgan fingerprint density at radius 3 is 2.40 bits per heavy atom. The SMILES string of the molecule is O[C@@H]1[C@H](NCc2ccccc2)CCC[C@H]1Oc1cccc(F)c1Oc1ccccc1. The number of hydrogen-bond donors (Lipinski definition) is 2. The van der Waals surface area contributed by atoms with Crippen LogP contribution in [0.3, 0.4) is 0 Å². The summed E-state index contributed by atoms with van der Waals surface area (Å²) in [4.78, 5) is 0. The largest absolute Gasteiger partial charge is 0.484 e. The normalized spacial score (nSPS) is 21.2. The number of ether oxygens (including phenoxy) is 2. The van der Waals surface area contributed by atoms with E-state index >= 15 is 0 Å². The maximum atomic E-state index is 14.5. The number of rotatable bonds is 7. The maximum Gasteiger partial charge on any atom is 0.204 e. The smallest absolute Gasteiger partial charge is 0.204 e. The predicted octanol–water partition coefficient (Wildman–Crippen LogP) is 5.07. The second-order valence-electron chi connectivity index (χ2n) is 7.53. The summed E-state index contributed by atoms with van der Waals surface area (Å²) in [5.74, 6) is 0.362. The summed E-state index contributed by atoms with van der Waals surface area (Å²) in [7, 11) is 0. The van der Waals surface area contributed by atoms with Crippen LogP contribution in [0.15, 0.2) is 78.9 Å². The van der Waals surface area contributed by atoms with E-state index in [4.69, 9.17) is 9.47 Å². The second-order valence-corrected chi connectivity index (χ2v) is 7.53. The third-order valence-electron chi connectivity index (χ3n) is 5.38. The van der Waals surface area contributed by atoms with Crippen LogP contribution in [-0.4, -0.2) is 23.4 Å². The first kappa shape index (κ1) is 20.4. The molecule has 156 valence electrons. The summed E-state index contributed by atoms with van der Waals surface area (Å²) < 4.78 is 26.3. The number of nitrogens with one attached hydrogen (secondary N) is 1. The van der Waals surface area contributed by atoms with E-state index in [0.717, 1.165) is 18.4 Å². The average molecular weight is 407 g/mol. The lowest BCUT2D eigenvalue weighted by molar-refractivity contribution is -0.0167. The molecule has 0 spiro atoms. The van der Waals surface area contributed by atoms with Crippen LogP contribution in [0.25, 0.3) is 0 Å². The molecule has 0 heterocycles. The first-order chi connectivity index (χ1) is 14.7. The zero-order chi connectivity index (χ0) is 20.8. The molecule has 0 amide bonds. The van der Waals surface area contributed by atoms with Gasteiger partial charge in [-0.05, 0) is 49.1 Å². The Balaban J connectivity index is 1.45. The summed E-state index contributed by atoms with van der Waals surface area (Å²) in [6, 6.07) is 23.6. The van der Waals surface area contributed by atoms with Gasteiger partial charge in [0.15, 0.2) is 11.6 Å². The van der Waals surface area contributed by atoms with Crippen molar-refractivity contribution >= 4 is 0 Å². The van der Waals surface area contributed by atoms with Gasteiger partial charge < -0.3 is 19.9 Å². The van der Waals surface area contributed by atoms with Gasteiger partial charge in [-0.25, -0.2) is 4.39 Å². The minimum atomic E-state index is -0.699. The molecule has 0 radical (unpaired) electrons. The van der Waals surface area contributed by atoms with Gasteiger partial charge >= 0.3 is 0 Å². The van der Waals surface area contributed by atoms with E-state index < -0.39 is 18.0 Å². The van der Waals surface area contributed by atoms with Crippen molar-refractivity contribution in [2.45, 2.75) is 44.1 Å². The Bertz CT molecular complexity index is 936. The Morgan fingerprint density at radius 2 is 1.63 bits per heavy atom. The van der Waals surface area contributed by atoms with Crippen molar-refractivity contribution < 1.29 is 19.0 Å². The van der Waals surface area contributed by atoms with E-state index in [1.54, 1.807) is 24.3 Å². The molecule has 0 unspecified atom stereocenters. The van der Waals surface area contributed by atoms with Crippen molar-refractivity contribution in [3.63, 3.8) is 0 Å². The van der Waals surface area contributed by atoms with E-state index in [0.29, 0.717) is 24.5 Å². The van der Waals surface area contributed by atoms with Crippen LogP contribution >= 0.6 is 0 Å². The van der Waals surface area contributed by atoms with Gasteiger partial charge in [-0.2, -0.15) is 0 Å². The van der Waals surface area contributed by atoms with Crippen LogP contribution in [0, 0.1) is 5.82 Å². The molecule has 30 heavy (non-hydrogen) atoms. The van der Waals surface area contributed by atoms with Gasteiger partial charge in [0.1, 0.15) is 18.0 Å². The van der Waals surface area contributed by atoms with Crippen molar-refractivity contribution in [1.29, 1.82) is 0 Å². The molecule has 0 aromatic heterocycles. The summed E-state index contributed by atoms with van der Waals surface area (Å²) in [5, 5.41) is 14.3. The number of para-hydroxylation sites is 2. The Morgan fingerprint density at radius 1 is 0.900 bits per heavy atom. The third-order valence-corrected chi connectivity index (χ3v) is 5.38. The van der Waals surface area contributed by atoms with Crippen LogP contribution in [0.2, 0.25) is 0 Å². The molecule has 5 heteroatoms. The zero-order valence-corrected chi connectivity index (χ0v) is 16.7. The van der Waals surface area contributed by atoms with Crippen LogP contribution in [-0.2, 0) is 6.54 Å². The zero-order valence-electron chi connectivity index (χ0n) is 16.7. The van der Waals surface area contributed by atoms with Crippen molar-refractivity contribution in [1.82, 2.24) is 5.32 Å². The monoisotopic (exact) mass is 407 g/mol. The molecule has 3 atom stereocenters. The second kappa shape index (κ2) is 9.74. The number of benzene rings is 3. The van der Waals surface area contributed by atoms with E-state index in [1.807, 2.05) is 36.4 Å². The van der Waals surface area contributed by atoms with Gasteiger partial charge in [0.2, 0.25) is 5.75 Å². The van der Waals surface area contributed by atoms with Gasteiger partial charge in [-0.15, -0.1) is 0 Å². The molecule has 4 rings (SSSR count). The van der Waals surface area contributed by atoms with Crippen LogP contribution in [0.1, 0.15) is 24.8 Å².